The molecule has 0 aliphatic heterocycles. The number of anilines is 1. The number of benzene rings is 1. The van der Waals surface area contributed by atoms with E-state index >= 15 is 0 Å². The second-order valence-corrected chi connectivity index (χ2v) is 5.69. The van der Waals surface area contributed by atoms with E-state index in [1.54, 1.807) is 24.3 Å². The van der Waals surface area contributed by atoms with Crippen molar-refractivity contribution in [3.63, 3.8) is 0 Å². The zero-order chi connectivity index (χ0) is 19.0. The molecule has 8 heteroatoms. The van der Waals surface area contributed by atoms with E-state index in [2.05, 4.69) is 5.32 Å². The third-order valence-corrected chi connectivity index (χ3v) is 4.17. The Morgan fingerprint density at radius 2 is 1.96 bits per heavy atom. The molecule has 1 N–H and O–H groups in total. The topological polar surface area (TPSA) is 81.3 Å². The number of hydrogen-bond acceptors (Lipinski definition) is 4. The molecular formula is C18H14F2N2O4. The highest BCUT2D eigenvalue weighted by Crippen LogP contribution is 2.29. The molecule has 0 unspecified atom stereocenters. The molecule has 0 saturated heterocycles. The van der Waals surface area contributed by atoms with Gasteiger partial charge in [-0.15, -0.1) is 0 Å². The average Bonchev–Trinajstić information content (AvgIpc) is 3.15. The third-order valence-electron chi connectivity index (χ3n) is 4.17. The zero-order valence-corrected chi connectivity index (χ0v) is 13.9. The number of nitrogens with one attached hydrogen (secondary N) is 1. The van der Waals surface area contributed by atoms with Crippen molar-refractivity contribution in [2.75, 3.05) is 5.32 Å². The van der Waals surface area contributed by atoms with Crippen LogP contribution in [0.2, 0.25) is 0 Å². The van der Waals surface area contributed by atoms with Gasteiger partial charge in [0.2, 0.25) is 5.78 Å². The number of ketones is 1. The summed E-state index contributed by atoms with van der Waals surface area (Å²) in [5.41, 5.74) is 0.341. The molecular weight excluding hydrogens is 346 g/mol. The molecule has 134 valence electrons. The Balaban J connectivity index is 2.05. The molecule has 0 radical (unpaired) electrons. The maximum atomic E-state index is 13.5. The van der Waals surface area contributed by atoms with Crippen molar-refractivity contribution in [3.8, 4) is 0 Å². The Bertz CT molecular complexity index is 1030. The lowest BCUT2D eigenvalue weighted by Gasteiger charge is -2.11. The van der Waals surface area contributed by atoms with E-state index in [-0.39, 0.29) is 28.8 Å². The number of carbonyl (C=O) groups excluding carboxylic acids is 3. The summed E-state index contributed by atoms with van der Waals surface area (Å²) in [5.74, 6) is -1.76. The fraction of sp³-hybridized carbons (Fsp3) is 0.167. The molecule has 0 aliphatic carbocycles. The van der Waals surface area contributed by atoms with E-state index < -0.39 is 18.2 Å². The van der Waals surface area contributed by atoms with E-state index in [1.165, 1.54) is 20.1 Å². The summed E-state index contributed by atoms with van der Waals surface area (Å²) >= 11 is 0. The molecule has 0 saturated carbocycles. The van der Waals surface area contributed by atoms with Crippen LogP contribution in [0.4, 0.5) is 14.5 Å². The number of Topliss-reactive ketones (excluding diaryl/α,β-unsaturated/α-hetero) is 1. The van der Waals surface area contributed by atoms with Crippen molar-refractivity contribution in [2.45, 2.75) is 20.4 Å². The first-order valence-electron chi connectivity index (χ1n) is 7.62. The molecule has 3 rings (SSSR count). The van der Waals surface area contributed by atoms with Gasteiger partial charge in [0.25, 0.3) is 5.91 Å². The predicted molar refractivity (Wildman–Crippen MR) is 89.7 cm³/mol. The summed E-state index contributed by atoms with van der Waals surface area (Å²) in [6, 6.07) is 6.53. The fourth-order valence-electron chi connectivity index (χ4n) is 3.04. The number of aldehydes is 1. The normalized spacial score (nSPS) is 11.1. The molecule has 1 amide bonds. The zero-order valence-electron chi connectivity index (χ0n) is 13.9. The average molecular weight is 360 g/mol. The second kappa shape index (κ2) is 6.55. The Kier molecular flexibility index (Phi) is 4.41. The predicted octanol–water partition coefficient (Wildman–Crippen LogP) is 3.88. The smallest absolute Gasteiger partial charge is 0.319 e. The molecule has 2 heterocycles. The Morgan fingerprint density at radius 1 is 1.23 bits per heavy atom. The van der Waals surface area contributed by atoms with Crippen molar-refractivity contribution in [1.29, 1.82) is 0 Å². The lowest BCUT2D eigenvalue weighted by Crippen LogP contribution is -2.19. The molecule has 2 aromatic heterocycles. The Hall–Kier alpha value is -3.29. The fourth-order valence-corrected chi connectivity index (χ4v) is 3.04. The van der Waals surface area contributed by atoms with E-state index in [0.717, 1.165) is 5.39 Å². The molecule has 26 heavy (non-hydrogen) atoms. The van der Waals surface area contributed by atoms with Crippen LogP contribution in [0.15, 0.2) is 34.9 Å². The van der Waals surface area contributed by atoms with E-state index in [0.29, 0.717) is 15.8 Å². The van der Waals surface area contributed by atoms with Gasteiger partial charge in [0, 0.05) is 22.3 Å². The van der Waals surface area contributed by atoms with Crippen molar-refractivity contribution in [1.82, 2.24) is 4.57 Å². The van der Waals surface area contributed by atoms with Gasteiger partial charge in [-0.05, 0) is 43.7 Å². The standard InChI is InChI=1S/C18H14F2N2O4/c1-9-15(13(24)8-23)10(2)22(18(19)20)16(9)17(25)21-12-3-4-14-11(7-12)5-6-26-14/h3-8,18H,1-2H3,(H,21,25). The van der Waals surface area contributed by atoms with Crippen LogP contribution in [0.1, 0.15) is 38.7 Å². The van der Waals surface area contributed by atoms with Crippen LogP contribution in [0.5, 0.6) is 0 Å². The van der Waals surface area contributed by atoms with Crippen molar-refractivity contribution in [2.24, 2.45) is 0 Å². The SMILES string of the molecule is Cc1c(C(=O)C=O)c(C)n(C(F)F)c1C(=O)Nc1ccc2occc2c1. The van der Waals surface area contributed by atoms with Crippen LogP contribution in [0, 0.1) is 13.8 Å². The molecule has 6 nitrogen and oxygen atoms in total. The van der Waals surface area contributed by atoms with Gasteiger partial charge in [0.15, 0.2) is 6.29 Å². The molecule has 0 spiro atoms. The monoisotopic (exact) mass is 360 g/mol. The number of furan rings is 1. The van der Waals surface area contributed by atoms with Crippen molar-refractivity contribution >= 4 is 34.6 Å². The molecule has 1 aromatic carbocycles. The van der Waals surface area contributed by atoms with Crippen LogP contribution in [0.25, 0.3) is 11.0 Å². The first kappa shape index (κ1) is 17.5. The number of fused-ring (bicyclic) bond motifs is 1. The summed E-state index contributed by atoms with van der Waals surface area (Å²) in [4.78, 5) is 35.2. The van der Waals surface area contributed by atoms with Gasteiger partial charge in [-0.25, -0.2) is 0 Å². The van der Waals surface area contributed by atoms with Gasteiger partial charge in [0.1, 0.15) is 11.3 Å². The minimum absolute atomic E-state index is 0.0294. The van der Waals surface area contributed by atoms with E-state index in [1.807, 2.05) is 0 Å². The second-order valence-electron chi connectivity index (χ2n) is 5.69. The van der Waals surface area contributed by atoms with Crippen LogP contribution in [-0.4, -0.2) is 22.5 Å². The highest BCUT2D eigenvalue weighted by Gasteiger charge is 2.29. The number of alkyl halides is 2. The van der Waals surface area contributed by atoms with Crippen LogP contribution < -0.4 is 5.32 Å². The minimum atomic E-state index is -3.04. The summed E-state index contributed by atoms with van der Waals surface area (Å²) in [5, 5.41) is 3.27. The van der Waals surface area contributed by atoms with Crippen molar-refractivity contribution in [3.05, 3.63) is 53.0 Å². The number of carbonyl (C=O) groups is 3. The number of aromatic nitrogens is 1. The molecule has 0 aliphatic rings. The van der Waals surface area contributed by atoms with E-state index in [9.17, 15) is 23.2 Å². The van der Waals surface area contributed by atoms with Gasteiger partial charge < -0.3 is 9.73 Å². The first-order valence-corrected chi connectivity index (χ1v) is 7.62. The summed E-state index contributed by atoms with van der Waals surface area (Å²) in [7, 11) is 0. The van der Waals surface area contributed by atoms with Gasteiger partial charge >= 0.3 is 6.55 Å². The number of amides is 1. The summed E-state index contributed by atoms with van der Waals surface area (Å²) < 4.78 is 32.6. The maximum Gasteiger partial charge on any atom is 0.319 e. The van der Waals surface area contributed by atoms with Gasteiger partial charge in [0.05, 0.1) is 6.26 Å². The van der Waals surface area contributed by atoms with Gasteiger partial charge in [-0.1, -0.05) is 0 Å². The molecule has 0 fully saturated rings. The summed E-state index contributed by atoms with van der Waals surface area (Å²) in [6.07, 6.45) is 1.53. The van der Waals surface area contributed by atoms with Gasteiger partial charge in [-0.2, -0.15) is 8.78 Å². The Morgan fingerprint density at radius 3 is 2.62 bits per heavy atom. The largest absolute Gasteiger partial charge is 0.464 e. The van der Waals surface area contributed by atoms with Crippen LogP contribution in [-0.2, 0) is 4.79 Å². The summed E-state index contributed by atoms with van der Waals surface area (Å²) in [6.45, 7) is -0.417. The Labute approximate surface area is 146 Å². The van der Waals surface area contributed by atoms with Gasteiger partial charge in [-0.3, -0.25) is 19.0 Å². The lowest BCUT2D eigenvalue weighted by molar-refractivity contribution is -0.104. The molecule has 0 atom stereocenters. The molecule has 0 bridgehead atoms. The number of halogens is 2. The van der Waals surface area contributed by atoms with Crippen LogP contribution >= 0.6 is 0 Å². The minimum Gasteiger partial charge on any atom is -0.464 e. The first-order chi connectivity index (χ1) is 12.3. The number of hydrogen-bond donors (Lipinski definition) is 1. The van der Waals surface area contributed by atoms with E-state index in [4.69, 9.17) is 4.42 Å². The quantitative estimate of drug-likeness (QED) is 0.425. The van der Waals surface area contributed by atoms with Crippen molar-refractivity contribution < 1.29 is 27.6 Å². The molecule has 3 aromatic rings. The lowest BCUT2D eigenvalue weighted by atomic mass is 10.1. The maximum absolute atomic E-state index is 13.5. The number of nitrogens with zero attached hydrogens (tertiary/aromatic N) is 1. The van der Waals surface area contributed by atoms with Crippen LogP contribution in [0.3, 0.4) is 0 Å². The third kappa shape index (κ3) is 2.79. The number of rotatable bonds is 5. The highest BCUT2D eigenvalue weighted by molar-refractivity contribution is 6.34. The highest BCUT2D eigenvalue weighted by atomic mass is 19.3.